The van der Waals surface area contributed by atoms with Crippen LogP contribution in [0.15, 0.2) is 18.2 Å². The van der Waals surface area contributed by atoms with Crippen molar-refractivity contribution in [2.24, 2.45) is 23.0 Å². The monoisotopic (exact) mass is 323 g/mol. The molecule has 1 saturated carbocycles. The second-order valence-corrected chi connectivity index (χ2v) is 8.34. The molecule has 2 nitrogen and oxygen atoms in total. The van der Waals surface area contributed by atoms with Crippen LogP contribution in [0.25, 0.3) is 0 Å². The standard InChI is InChI=1S/C19H30ClNO/c1-13(2)16(12-22)19(4,21)15-6-5-14(17(20)11-15)7-8-18(3)9-10-18/h5-6,11,13,16,22H,7-10,12,21H2,1-4H3/t16?,19-/m0/s1. The molecular formula is C19H30ClNO. The highest BCUT2D eigenvalue weighted by molar-refractivity contribution is 6.31. The van der Waals surface area contributed by atoms with Crippen molar-refractivity contribution in [3.8, 4) is 0 Å². The summed E-state index contributed by atoms with van der Waals surface area (Å²) in [4.78, 5) is 0. The molecule has 2 rings (SSSR count). The Labute approximate surface area is 140 Å². The highest BCUT2D eigenvalue weighted by atomic mass is 35.5. The van der Waals surface area contributed by atoms with E-state index in [9.17, 15) is 5.11 Å². The number of aliphatic hydroxyl groups excluding tert-OH is 1. The van der Waals surface area contributed by atoms with Gasteiger partial charge >= 0.3 is 0 Å². The van der Waals surface area contributed by atoms with Crippen LogP contribution < -0.4 is 5.73 Å². The van der Waals surface area contributed by atoms with Gasteiger partial charge in [0.15, 0.2) is 0 Å². The third-order valence-corrected chi connectivity index (χ3v) is 5.90. The molecule has 0 aromatic heterocycles. The predicted molar refractivity (Wildman–Crippen MR) is 94.1 cm³/mol. The number of aliphatic hydroxyl groups is 1. The van der Waals surface area contributed by atoms with E-state index in [-0.39, 0.29) is 12.5 Å². The van der Waals surface area contributed by atoms with Crippen LogP contribution >= 0.6 is 11.6 Å². The van der Waals surface area contributed by atoms with Crippen LogP contribution in [0, 0.1) is 17.3 Å². The molecule has 2 atom stereocenters. The Morgan fingerprint density at radius 1 is 1.36 bits per heavy atom. The van der Waals surface area contributed by atoms with Crippen molar-refractivity contribution in [1.29, 1.82) is 0 Å². The van der Waals surface area contributed by atoms with Gasteiger partial charge in [-0.2, -0.15) is 0 Å². The molecule has 3 N–H and O–H groups in total. The summed E-state index contributed by atoms with van der Waals surface area (Å²) in [6.45, 7) is 8.62. The number of nitrogens with two attached hydrogens (primary N) is 1. The van der Waals surface area contributed by atoms with Crippen molar-refractivity contribution < 1.29 is 5.11 Å². The Balaban J connectivity index is 2.16. The fourth-order valence-corrected chi connectivity index (χ4v) is 3.57. The van der Waals surface area contributed by atoms with Gasteiger partial charge < -0.3 is 10.8 Å². The zero-order valence-corrected chi connectivity index (χ0v) is 15.1. The second-order valence-electron chi connectivity index (χ2n) is 7.93. The Morgan fingerprint density at radius 2 is 2.00 bits per heavy atom. The SMILES string of the molecule is CC(C)C(CO)[C@@](C)(N)c1ccc(CCC2(C)CC2)c(Cl)c1. The van der Waals surface area contributed by atoms with E-state index in [0.717, 1.165) is 17.0 Å². The first-order chi connectivity index (χ1) is 10.2. The summed E-state index contributed by atoms with van der Waals surface area (Å²) in [5, 5.41) is 10.5. The van der Waals surface area contributed by atoms with E-state index in [2.05, 4.69) is 32.9 Å². The third kappa shape index (κ3) is 3.84. The first-order valence-electron chi connectivity index (χ1n) is 8.38. The molecule has 1 aromatic rings. The average molecular weight is 324 g/mol. The average Bonchev–Trinajstić information content (AvgIpc) is 3.15. The van der Waals surface area contributed by atoms with Gasteiger partial charge in [0.25, 0.3) is 0 Å². The molecule has 1 aromatic carbocycles. The number of aryl methyl sites for hydroxylation is 1. The largest absolute Gasteiger partial charge is 0.396 e. The minimum absolute atomic E-state index is 0.0137. The Hall–Kier alpha value is -0.570. The third-order valence-electron chi connectivity index (χ3n) is 5.55. The lowest BCUT2D eigenvalue weighted by molar-refractivity contribution is 0.120. The topological polar surface area (TPSA) is 46.2 Å². The van der Waals surface area contributed by atoms with E-state index in [0.29, 0.717) is 11.3 Å². The number of rotatable bonds is 7. The summed E-state index contributed by atoms with van der Waals surface area (Å²) in [6.07, 6.45) is 4.92. The van der Waals surface area contributed by atoms with E-state index in [1.165, 1.54) is 24.8 Å². The highest BCUT2D eigenvalue weighted by Gasteiger charge is 2.37. The lowest BCUT2D eigenvalue weighted by Crippen LogP contribution is -2.45. The van der Waals surface area contributed by atoms with E-state index in [1.807, 2.05) is 13.0 Å². The minimum Gasteiger partial charge on any atom is -0.396 e. The molecule has 1 aliphatic rings. The Bertz CT molecular complexity index is 520. The molecule has 0 radical (unpaired) electrons. The molecular weight excluding hydrogens is 294 g/mol. The fourth-order valence-electron chi connectivity index (χ4n) is 3.29. The molecule has 1 fully saturated rings. The number of halogens is 1. The molecule has 0 aliphatic heterocycles. The van der Waals surface area contributed by atoms with Gasteiger partial charge in [0.2, 0.25) is 0 Å². The van der Waals surface area contributed by atoms with Gasteiger partial charge in [-0.1, -0.05) is 44.5 Å². The Morgan fingerprint density at radius 3 is 2.45 bits per heavy atom. The summed E-state index contributed by atoms with van der Waals surface area (Å²) in [5.41, 5.74) is 8.73. The van der Waals surface area contributed by atoms with Gasteiger partial charge in [-0.15, -0.1) is 0 Å². The number of hydrogen-bond acceptors (Lipinski definition) is 2. The smallest absolute Gasteiger partial charge is 0.0482 e. The predicted octanol–water partition coefficient (Wildman–Crippen LogP) is 4.51. The molecule has 0 heterocycles. The summed E-state index contributed by atoms with van der Waals surface area (Å²) in [6, 6.07) is 6.20. The van der Waals surface area contributed by atoms with Crippen LogP contribution in [0.4, 0.5) is 0 Å². The minimum atomic E-state index is -0.576. The van der Waals surface area contributed by atoms with Gasteiger partial charge in [0.1, 0.15) is 0 Å². The summed E-state index contributed by atoms with van der Waals surface area (Å²) < 4.78 is 0. The van der Waals surface area contributed by atoms with Gasteiger partial charge in [-0.3, -0.25) is 0 Å². The van der Waals surface area contributed by atoms with E-state index < -0.39 is 5.54 Å². The second kappa shape index (κ2) is 6.51. The molecule has 0 spiro atoms. The quantitative estimate of drug-likeness (QED) is 0.775. The normalized spacial score (nSPS) is 20.7. The van der Waals surface area contributed by atoms with Crippen molar-refractivity contribution in [2.45, 2.75) is 58.9 Å². The lowest BCUT2D eigenvalue weighted by Gasteiger charge is -2.36. The Kier molecular flexibility index (Phi) is 5.26. The van der Waals surface area contributed by atoms with Crippen LogP contribution in [0.5, 0.6) is 0 Å². The van der Waals surface area contributed by atoms with Crippen molar-refractivity contribution >= 4 is 11.6 Å². The molecule has 1 unspecified atom stereocenters. The fraction of sp³-hybridized carbons (Fsp3) is 0.684. The van der Waals surface area contributed by atoms with Crippen LogP contribution in [0.2, 0.25) is 5.02 Å². The molecule has 0 amide bonds. The van der Waals surface area contributed by atoms with Gasteiger partial charge in [-0.25, -0.2) is 0 Å². The van der Waals surface area contributed by atoms with Crippen LogP contribution in [0.1, 0.15) is 58.1 Å². The van der Waals surface area contributed by atoms with Gasteiger partial charge in [-0.05, 0) is 61.1 Å². The number of hydrogen-bond donors (Lipinski definition) is 2. The van der Waals surface area contributed by atoms with Crippen molar-refractivity contribution in [3.63, 3.8) is 0 Å². The zero-order valence-electron chi connectivity index (χ0n) is 14.3. The molecule has 124 valence electrons. The van der Waals surface area contributed by atoms with Crippen LogP contribution in [0.3, 0.4) is 0 Å². The summed E-state index contributed by atoms with van der Waals surface area (Å²) in [7, 11) is 0. The maximum atomic E-state index is 9.68. The van der Waals surface area contributed by atoms with Crippen LogP contribution in [-0.4, -0.2) is 11.7 Å². The van der Waals surface area contributed by atoms with Crippen molar-refractivity contribution in [2.75, 3.05) is 6.61 Å². The van der Waals surface area contributed by atoms with E-state index in [4.69, 9.17) is 17.3 Å². The maximum absolute atomic E-state index is 9.68. The first-order valence-corrected chi connectivity index (χ1v) is 8.76. The molecule has 0 saturated heterocycles. The van der Waals surface area contributed by atoms with Gasteiger partial charge in [0, 0.05) is 23.1 Å². The molecule has 0 bridgehead atoms. The maximum Gasteiger partial charge on any atom is 0.0482 e. The summed E-state index contributed by atoms with van der Waals surface area (Å²) >= 11 is 6.49. The molecule has 1 aliphatic carbocycles. The van der Waals surface area contributed by atoms with Gasteiger partial charge in [0.05, 0.1) is 0 Å². The summed E-state index contributed by atoms with van der Waals surface area (Å²) in [5.74, 6) is 0.327. The highest BCUT2D eigenvalue weighted by Crippen LogP contribution is 2.49. The molecule has 3 heteroatoms. The van der Waals surface area contributed by atoms with E-state index in [1.54, 1.807) is 0 Å². The first kappa shape index (κ1) is 17.8. The van der Waals surface area contributed by atoms with Crippen molar-refractivity contribution in [1.82, 2.24) is 0 Å². The van der Waals surface area contributed by atoms with E-state index >= 15 is 0 Å². The molecule has 22 heavy (non-hydrogen) atoms. The number of benzene rings is 1. The van der Waals surface area contributed by atoms with Crippen LogP contribution in [-0.2, 0) is 12.0 Å². The zero-order chi connectivity index (χ0) is 16.5. The van der Waals surface area contributed by atoms with Crippen molar-refractivity contribution in [3.05, 3.63) is 34.3 Å². The lowest BCUT2D eigenvalue weighted by atomic mass is 9.75.